The van der Waals surface area contributed by atoms with E-state index in [-0.39, 0.29) is 42.7 Å². The van der Waals surface area contributed by atoms with Gasteiger partial charge in [0.1, 0.15) is 22.1 Å². The zero-order chi connectivity index (χ0) is 20.5. The number of aromatic nitrogens is 1. The van der Waals surface area contributed by atoms with Crippen molar-refractivity contribution in [2.75, 3.05) is 40.4 Å². The van der Waals surface area contributed by atoms with Crippen LogP contribution in [0.1, 0.15) is 21.8 Å². The number of rotatable bonds is 5. The number of sulfonamides is 1. The fourth-order valence-electron chi connectivity index (χ4n) is 3.25. The van der Waals surface area contributed by atoms with Crippen LogP contribution in [0.3, 0.4) is 0 Å². The molecule has 0 saturated carbocycles. The number of amides is 1. The van der Waals surface area contributed by atoms with Crippen molar-refractivity contribution in [2.24, 2.45) is 0 Å². The summed E-state index contributed by atoms with van der Waals surface area (Å²) in [7, 11) is -0.695. The van der Waals surface area contributed by atoms with Gasteiger partial charge < -0.3 is 18.9 Å². The van der Waals surface area contributed by atoms with Crippen molar-refractivity contribution in [1.29, 1.82) is 0 Å². The molecule has 1 aromatic carbocycles. The van der Waals surface area contributed by atoms with E-state index < -0.39 is 10.0 Å². The number of nitrogens with zero attached hydrogens (tertiary/aromatic N) is 3. The van der Waals surface area contributed by atoms with Crippen molar-refractivity contribution in [3.05, 3.63) is 35.2 Å². The van der Waals surface area contributed by atoms with Gasteiger partial charge in [-0.15, -0.1) is 0 Å². The second-order valence-electron chi connectivity index (χ2n) is 6.42. The van der Waals surface area contributed by atoms with E-state index in [1.165, 1.54) is 18.5 Å². The summed E-state index contributed by atoms with van der Waals surface area (Å²) in [5.41, 5.74) is 0.740. The van der Waals surface area contributed by atoms with Gasteiger partial charge in [-0.05, 0) is 26.0 Å². The van der Waals surface area contributed by atoms with E-state index in [4.69, 9.17) is 14.0 Å². The lowest BCUT2D eigenvalue weighted by molar-refractivity contribution is 0.0694. The molecule has 2 aromatic rings. The maximum Gasteiger partial charge on any atom is 0.257 e. The highest BCUT2D eigenvalue weighted by Crippen LogP contribution is 2.27. The maximum atomic E-state index is 12.9. The van der Waals surface area contributed by atoms with Gasteiger partial charge in [0.05, 0.1) is 19.8 Å². The normalized spacial score (nSPS) is 15.5. The van der Waals surface area contributed by atoms with Crippen LogP contribution in [0.5, 0.6) is 11.5 Å². The van der Waals surface area contributed by atoms with Crippen LogP contribution in [0.2, 0.25) is 0 Å². The van der Waals surface area contributed by atoms with Crippen LogP contribution < -0.4 is 9.47 Å². The number of benzene rings is 1. The zero-order valence-electron chi connectivity index (χ0n) is 16.3. The Morgan fingerprint density at radius 3 is 2.32 bits per heavy atom. The van der Waals surface area contributed by atoms with Crippen molar-refractivity contribution in [2.45, 2.75) is 18.7 Å². The minimum absolute atomic E-state index is 0.101. The summed E-state index contributed by atoms with van der Waals surface area (Å²) in [5.74, 6) is 1.05. The lowest BCUT2D eigenvalue weighted by Gasteiger charge is -2.34. The van der Waals surface area contributed by atoms with Crippen LogP contribution in [0.4, 0.5) is 0 Å². The average Bonchev–Trinajstić information content (AvgIpc) is 3.05. The van der Waals surface area contributed by atoms with E-state index in [1.54, 1.807) is 36.9 Å². The Bertz CT molecular complexity index is 958. The molecule has 28 heavy (non-hydrogen) atoms. The molecule has 1 amide bonds. The fourth-order valence-corrected chi connectivity index (χ4v) is 4.96. The Morgan fingerprint density at radius 2 is 1.79 bits per heavy atom. The Morgan fingerprint density at radius 1 is 1.11 bits per heavy atom. The van der Waals surface area contributed by atoms with E-state index in [0.717, 1.165) is 0 Å². The van der Waals surface area contributed by atoms with Gasteiger partial charge in [0.2, 0.25) is 10.0 Å². The highest BCUT2D eigenvalue weighted by Gasteiger charge is 2.34. The van der Waals surface area contributed by atoms with Gasteiger partial charge in [0.25, 0.3) is 5.91 Å². The number of piperazine rings is 1. The highest BCUT2D eigenvalue weighted by molar-refractivity contribution is 7.89. The molecule has 3 rings (SSSR count). The third kappa shape index (κ3) is 3.57. The molecular formula is C18H23N3O6S. The molecule has 0 radical (unpaired) electrons. The van der Waals surface area contributed by atoms with Crippen molar-refractivity contribution in [3.8, 4) is 11.5 Å². The van der Waals surface area contributed by atoms with E-state index in [9.17, 15) is 13.2 Å². The standard InChI is InChI=1S/C18H23N3O6S/c1-12-17(13(2)27-19-12)28(23,24)21-9-7-20(8-10-21)18(22)15-6-5-14(25-3)11-16(15)26-4/h5-6,11H,7-10H2,1-4H3. The predicted octanol–water partition coefficient (Wildman–Crippen LogP) is 1.46. The topological polar surface area (TPSA) is 102 Å². The van der Waals surface area contributed by atoms with Gasteiger partial charge in [-0.3, -0.25) is 4.79 Å². The first-order chi connectivity index (χ1) is 13.3. The van der Waals surface area contributed by atoms with Crippen LogP contribution in [-0.4, -0.2) is 69.1 Å². The van der Waals surface area contributed by atoms with Crippen molar-refractivity contribution >= 4 is 15.9 Å². The molecule has 2 heterocycles. The molecule has 1 fully saturated rings. The number of carbonyl (C=O) groups is 1. The molecule has 0 spiro atoms. The molecule has 1 aromatic heterocycles. The van der Waals surface area contributed by atoms with Gasteiger partial charge in [-0.1, -0.05) is 5.16 Å². The van der Waals surface area contributed by atoms with Gasteiger partial charge in [0, 0.05) is 32.2 Å². The molecule has 1 aliphatic rings. The smallest absolute Gasteiger partial charge is 0.257 e. The zero-order valence-corrected chi connectivity index (χ0v) is 17.1. The maximum absolute atomic E-state index is 12.9. The van der Waals surface area contributed by atoms with E-state index in [0.29, 0.717) is 22.8 Å². The number of carbonyl (C=O) groups excluding carboxylic acids is 1. The van der Waals surface area contributed by atoms with Crippen LogP contribution in [0.15, 0.2) is 27.6 Å². The van der Waals surface area contributed by atoms with Crippen LogP contribution >= 0.6 is 0 Å². The van der Waals surface area contributed by atoms with E-state index in [1.807, 2.05) is 0 Å². The summed E-state index contributed by atoms with van der Waals surface area (Å²) in [6.45, 7) is 4.10. The minimum Gasteiger partial charge on any atom is -0.497 e. The number of hydrogen-bond donors (Lipinski definition) is 0. The molecule has 10 heteroatoms. The van der Waals surface area contributed by atoms with Gasteiger partial charge in [-0.25, -0.2) is 8.42 Å². The van der Waals surface area contributed by atoms with Crippen molar-refractivity contribution < 1.29 is 27.2 Å². The summed E-state index contributed by atoms with van der Waals surface area (Å²) in [5, 5.41) is 3.72. The predicted molar refractivity (Wildman–Crippen MR) is 100 cm³/mol. The molecule has 0 N–H and O–H groups in total. The first kappa shape index (κ1) is 20.2. The van der Waals surface area contributed by atoms with Crippen LogP contribution in [-0.2, 0) is 10.0 Å². The summed E-state index contributed by atoms with van der Waals surface area (Å²) in [6.07, 6.45) is 0. The van der Waals surface area contributed by atoms with Crippen LogP contribution in [0.25, 0.3) is 0 Å². The van der Waals surface area contributed by atoms with Gasteiger partial charge in [0.15, 0.2) is 5.76 Å². The van der Waals surface area contributed by atoms with E-state index >= 15 is 0 Å². The molecule has 9 nitrogen and oxygen atoms in total. The number of aryl methyl sites for hydroxylation is 2. The fraction of sp³-hybridized carbons (Fsp3) is 0.444. The molecule has 0 unspecified atom stereocenters. The minimum atomic E-state index is -3.72. The second-order valence-corrected chi connectivity index (χ2v) is 8.29. The molecule has 152 valence electrons. The SMILES string of the molecule is COc1ccc(C(=O)N2CCN(S(=O)(=O)c3c(C)noc3C)CC2)c(OC)c1. The summed E-state index contributed by atoms with van der Waals surface area (Å²) in [4.78, 5) is 14.6. The monoisotopic (exact) mass is 409 g/mol. The number of hydrogen-bond acceptors (Lipinski definition) is 7. The second kappa shape index (κ2) is 7.80. The summed E-state index contributed by atoms with van der Waals surface area (Å²) < 4.78 is 42.6. The van der Waals surface area contributed by atoms with Gasteiger partial charge in [-0.2, -0.15) is 4.31 Å². The lowest BCUT2D eigenvalue weighted by atomic mass is 10.1. The third-order valence-corrected chi connectivity index (χ3v) is 6.87. The number of methoxy groups -OCH3 is 2. The first-order valence-electron chi connectivity index (χ1n) is 8.74. The Labute approximate surface area is 163 Å². The van der Waals surface area contributed by atoms with Crippen molar-refractivity contribution in [1.82, 2.24) is 14.4 Å². The highest BCUT2D eigenvalue weighted by atomic mass is 32.2. The molecule has 0 bridgehead atoms. The van der Waals surface area contributed by atoms with Crippen LogP contribution in [0, 0.1) is 13.8 Å². The molecular weight excluding hydrogens is 386 g/mol. The third-order valence-electron chi connectivity index (χ3n) is 4.73. The molecule has 0 aliphatic carbocycles. The molecule has 1 aliphatic heterocycles. The van der Waals surface area contributed by atoms with Crippen molar-refractivity contribution in [3.63, 3.8) is 0 Å². The van der Waals surface area contributed by atoms with Gasteiger partial charge >= 0.3 is 0 Å². The Hall–Kier alpha value is -2.59. The Balaban J connectivity index is 1.74. The largest absolute Gasteiger partial charge is 0.497 e. The lowest BCUT2D eigenvalue weighted by Crippen LogP contribution is -2.50. The first-order valence-corrected chi connectivity index (χ1v) is 10.2. The van der Waals surface area contributed by atoms with E-state index in [2.05, 4.69) is 5.16 Å². The number of ether oxygens (including phenoxy) is 2. The quantitative estimate of drug-likeness (QED) is 0.736. The average molecular weight is 409 g/mol. The summed E-state index contributed by atoms with van der Waals surface area (Å²) in [6, 6.07) is 4.98. The Kier molecular flexibility index (Phi) is 5.61. The molecule has 1 saturated heterocycles. The summed E-state index contributed by atoms with van der Waals surface area (Å²) >= 11 is 0. The molecule has 0 atom stereocenters.